The number of nitrogens with zero attached hydrogens (tertiary/aromatic N) is 3. The Kier molecular flexibility index (Phi) is 6.02. The number of rotatable bonds is 5. The maximum atomic E-state index is 12.4. The molecule has 34 heavy (non-hydrogen) atoms. The van der Waals surface area contributed by atoms with Crippen LogP contribution in [0.15, 0.2) is 77.9 Å². The molecule has 1 aromatic heterocycles. The summed E-state index contributed by atoms with van der Waals surface area (Å²) in [5.74, 6) is 1.06. The van der Waals surface area contributed by atoms with Crippen LogP contribution in [-0.2, 0) is 12.5 Å². The molecule has 0 bridgehead atoms. The molecule has 2 amide bonds. The number of carbonyl (C=O) groups is 1. The first-order valence-electron chi connectivity index (χ1n) is 10.6. The molecule has 0 atom stereocenters. The fourth-order valence-corrected chi connectivity index (χ4v) is 3.34. The molecule has 0 unspecified atom stereocenters. The molecule has 4 aromatic rings. The van der Waals surface area contributed by atoms with Crippen LogP contribution in [0.4, 0.5) is 16.2 Å². The smallest absolute Gasteiger partial charge is 0.323 e. The van der Waals surface area contributed by atoms with Crippen LogP contribution < -0.4 is 20.9 Å². The van der Waals surface area contributed by atoms with Gasteiger partial charge in [-0.2, -0.15) is 5.26 Å². The lowest BCUT2D eigenvalue weighted by Crippen LogP contribution is -2.20. The van der Waals surface area contributed by atoms with Gasteiger partial charge < -0.3 is 19.9 Å². The number of nitrogens with one attached hydrogen (secondary N) is 2. The molecule has 0 radical (unpaired) electrons. The second-order valence-electron chi connectivity index (χ2n) is 8.36. The van der Waals surface area contributed by atoms with E-state index in [1.54, 1.807) is 67.7 Å². The lowest BCUT2D eigenvalue weighted by Gasteiger charge is -2.17. The van der Waals surface area contributed by atoms with Crippen molar-refractivity contribution in [3.8, 4) is 17.6 Å². The average Bonchev–Trinajstić information content (AvgIpc) is 2.83. The number of hydrogen-bond acceptors (Lipinski definition) is 5. The molecule has 170 valence electrons. The molecule has 0 aliphatic rings. The van der Waals surface area contributed by atoms with Crippen molar-refractivity contribution in [3.05, 3.63) is 89.0 Å². The quantitative estimate of drug-likeness (QED) is 0.433. The minimum Gasteiger partial charge on any atom is -0.457 e. The van der Waals surface area contributed by atoms with Gasteiger partial charge in [0.05, 0.1) is 28.7 Å². The third kappa shape index (κ3) is 4.89. The van der Waals surface area contributed by atoms with Gasteiger partial charge in [-0.1, -0.05) is 12.1 Å². The van der Waals surface area contributed by atoms with Gasteiger partial charge in [0.15, 0.2) is 0 Å². The lowest BCUT2D eigenvalue weighted by molar-refractivity contribution is 0.262. The molecular weight excluding hydrogens is 430 g/mol. The summed E-state index contributed by atoms with van der Waals surface area (Å²) in [6, 6.07) is 21.1. The summed E-state index contributed by atoms with van der Waals surface area (Å²) in [6.45, 7) is 3.65. The number of carbonyl (C=O) groups excluding carboxylic acids is 1. The van der Waals surface area contributed by atoms with Crippen molar-refractivity contribution in [2.75, 3.05) is 10.6 Å². The number of amides is 2. The minimum absolute atomic E-state index is 0.150. The Hall–Kier alpha value is -4.64. The zero-order valence-corrected chi connectivity index (χ0v) is 19.0. The van der Waals surface area contributed by atoms with Crippen LogP contribution in [0.2, 0.25) is 0 Å². The van der Waals surface area contributed by atoms with Gasteiger partial charge in [0, 0.05) is 18.4 Å². The zero-order chi connectivity index (χ0) is 24.3. The Balaban J connectivity index is 1.41. The Morgan fingerprint density at radius 3 is 2.44 bits per heavy atom. The highest BCUT2D eigenvalue weighted by Crippen LogP contribution is 2.26. The Morgan fingerprint density at radius 1 is 1.00 bits per heavy atom. The van der Waals surface area contributed by atoms with E-state index in [0.29, 0.717) is 33.8 Å². The van der Waals surface area contributed by atoms with Gasteiger partial charge in [-0.15, -0.1) is 0 Å². The van der Waals surface area contributed by atoms with Crippen molar-refractivity contribution >= 4 is 28.3 Å². The summed E-state index contributed by atoms with van der Waals surface area (Å²) < 4.78 is 7.28. The van der Waals surface area contributed by atoms with E-state index in [2.05, 4.69) is 21.7 Å². The number of aryl methyl sites for hydroxylation is 1. The molecule has 0 saturated heterocycles. The molecule has 8 nitrogen and oxygen atoms in total. The third-order valence-corrected chi connectivity index (χ3v) is 5.36. The molecule has 0 aliphatic heterocycles. The summed E-state index contributed by atoms with van der Waals surface area (Å²) in [7, 11) is 1.65. The van der Waals surface area contributed by atoms with Gasteiger partial charge in [0.1, 0.15) is 11.5 Å². The number of fused-ring (bicyclic) bond motifs is 1. The van der Waals surface area contributed by atoms with E-state index < -0.39 is 11.4 Å². The lowest BCUT2D eigenvalue weighted by atomic mass is 9.86. The standard InChI is InChI=1S/C26H23N5O3/c1-26(2,15-27)17-5-4-6-19(13-17)30-25(33)29-18-7-9-20(10-8-18)34-21-11-12-23-22(14-21)24(32)31(3)16-28-23/h4-14,16H,1-3H3,(H2,29,30,33). The zero-order valence-electron chi connectivity index (χ0n) is 19.0. The van der Waals surface area contributed by atoms with Crippen molar-refractivity contribution in [1.82, 2.24) is 9.55 Å². The molecule has 1 heterocycles. The average molecular weight is 454 g/mol. The van der Waals surface area contributed by atoms with Gasteiger partial charge in [0.2, 0.25) is 0 Å². The van der Waals surface area contributed by atoms with Crippen LogP contribution in [0.5, 0.6) is 11.5 Å². The monoisotopic (exact) mass is 453 g/mol. The fraction of sp³-hybridized carbons (Fsp3) is 0.154. The summed E-state index contributed by atoms with van der Waals surface area (Å²) in [5.41, 5.74) is 1.78. The van der Waals surface area contributed by atoms with Crippen LogP contribution in [0.3, 0.4) is 0 Å². The summed E-state index contributed by atoms with van der Waals surface area (Å²) >= 11 is 0. The van der Waals surface area contributed by atoms with Crippen molar-refractivity contribution in [2.45, 2.75) is 19.3 Å². The fourth-order valence-electron chi connectivity index (χ4n) is 3.34. The molecule has 0 aliphatic carbocycles. The second-order valence-corrected chi connectivity index (χ2v) is 8.36. The second kappa shape index (κ2) is 9.08. The molecule has 4 rings (SSSR count). The molecule has 8 heteroatoms. The number of hydrogen-bond donors (Lipinski definition) is 2. The van der Waals surface area contributed by atoms with Crippen LogP contribution >= 0.6 is 0 Å². The Labute approximate surface area is 196 Å². The maximum absolute atomic E-state index is 12.4. The van der Waals surface area contributed by atoms with Gasteiger partial charge in [-0.3, -0.25) is 4.79 Å². The van der Waals surface area contributed by atoms with E-state index >= 15 is 0 Å². The normalized spacial score (nSPS) is 11.0. The summed E-state index contributed by atoms with van der Waals surface area (Å²) in [6.07, 6.45) is 1.48. The third-order valence-electron chi connectivity index (χ3n) is 5.36. The first kappa shape index (κ1) is 22.6. The van der Waals surface area contributed by atoms with Crippen molar-refractivity contribution < 1.29 is 9.53 Å². The maximum Gasteiger partial charge on any atom is 0.323 e. The van der Waals surface area contributed by atoms with Crippen LogP contribution in [-0.4, -0.2) is 15.6 Å². The van der Waals surface area contributed by atoms with Crippen molar-refractivity contribution in [3.63, 3.8) is 0 Å². The summed E-state index contributed by atoms with van der Waals surface area (Å²) in [4.78, 5) is 28.9. The molecule has 0 spiro atoms. The topological polar surface area (TPSA) is 109 Å². The van der Waals surface area contributed by atoms with Crippen LogP contribution in [0, 0.1) is 11.3 Å². The summed E-state index contributed by atoms with van der Waals surface area (Å²) in [5, 5.41) is 15.3. The Morgan fingerprint density at radius 2 is 1.71 bits per heavy atom. The highest BCUT2D eigenvalue weighted by molar-refractivity contribution is 5.99. The first-order chi connectivity index (χ1) is 16.2. The van der Waals surface area contributed by atoms with E-state index in [1.165, 1.54) is 10.9 Å². The number of anilines is 2. The highest BCUT2D eigenvalue weighted by atomic mass is 16.5. The van der Waals surface area contributed by atoms with E-state index in [9.17, 15) is 14.9 Å². The van der Waals surface area contributed by atoms with Gasteiger partial charge in [0.25, 0.3) is 5.56 Å². The number of ether oxygens (including phenoxy) is 1. The molecule has 0 fully saturated rings. The van der Waals surface area contributed by atoms with Gasteiger partial charge in [-0.25, -0.2) is 9.78 Å². The number of aromatic nitrogens is 2. The van der Waals surface area contributed by atoms with Crippen molar-refractivity contribution in [1.29, 1.82) is 5.26 Å². The van der Waals surface area contributed by atoms with E-state index in [4.69, 9.17) is 4.74 Å². The minimum atomic E-state index is -0.654. The molecular formula is C26H23N5O3. The number of urea groups is 1. The van der Waals surface area contributed by atoms with E-state index in [1.807, 2.05) is 19.9 Å². The van der Waals surface area contributed by atoms with Gasteiger partial charge >= 0.3 is 6.03 Å². The SMILES string of the molecule is Cn1cnc2ccc(Oc3ccc(NC(=O)Nc4cccc(C(C)(C)C#N)c4)cc3)cc2c1=O. The van der Waals surface area contributed by atoms with E-state index in [-0.39, 0.29) is 5.56 Å². The Bertz CT molecular complexity index is 1470. The first-order valence-corrected chi connectivity index (χ1v) is 10.6. The van der Waals surface area contributed by atoms with Crippen LogP contribution in [0.25, 0.3) is 10.9 Å². The van der Waals surface area contributed by atoms with Crippen molar-refractivity contribution in [2.24, 2.45) is 7.05 Å². The predicted octanol–water partition coefficient (Wildman–Crippen LogP) is 5.17. The van der Waals surface area contributed by atoms with Gasteiger partial charge in [-0.05, 0) is 74.0 Å². The van der Waals surface area contributed by atoms with Crippen LogP contribution in [0.1, 0.15) is 19.4 Å². The molecule has 3 aromatic carbocycles. The molecule has 2 N–H and O–H groups in total. The molecule has 0 saturated carbocycles. The van der Waals surface area contributed by atoms with E-state index in [0.717, 1.165) is 5.56 Å². The number of nitriles is 1. The predicted molar refractivity (Wildman–Crippen MR) is 131 cm³/mol. The largest absolute Gasteiger partial charge is 0.457 e. The highest BCUT2D eigenvalue weighted by Gasteiger charge is 2.20. The number of benzene rings is 3.